The first kappa shape index (κ1) is 23.8. The van der Waals surface area contributed by atoms with Crippen LogP contribution in [0.1, 0.15) is 37.0 Å². The molecular weight excluding hydrogens is 512 g/mol. The van der Waals surface area contributed by atoms with E-state index in [0.717, 1.165) is 65.1 Å². The highest BCUT2D eigenvalue weighted by molar-refractivity contribution is 14.1. The topological polar surface area (TPSA) is 48.0 Å². The Kier molecular flexibility index (Phi) is 8.54. The number of nitrogens with zero attached hydrogens (tertiary/aromatic N) is 1. The molecule has 2 aromatic rings. The Balaban J connectivity index is 1.61. The lowest BCUT2D eigenvalue weighted by Gasteiger charge is -2.36. The highest BCUT2D eigenvalue weighted by Crippen LogP contribution is 2.35. The second-order valence-corrected chi connectivity index (χ2v) is 8.97. The van der Waals surface area contributed by atoms with Gasteiger partial charge in [-0.05, 0) is 90.3 Å². The van der Waals surface area contributed by atoms with Crippen LogP contribution in [0.2, 0.25) is 0 Å². The lowest BCUT2D eigenvalue weighted by molar-refractivity contribution is -0.150. The van der Waals surface area contributed by atoms with Gasteiger partial charge in [-0.25, -0.2) is 4.39 Å². The van der Waals surface area contributed by atoms with Gasteiger partial charge in [-0.15, -0.1) is 0 Å². The smallest absolute Gasteiger partial charge is 0.303 e. The number of benzene rings is 2. The number of likely N-dealkylation sites (tertiary alicyclic amines) is 1. The van der Waals surface area contributed by atoms with Crippen molar-refractivity contribution in [1.29, 1.82) is 0 Å². The summed E-state index contributed by atoms with van der Waals surface area (Å²) in [6.45, 7) is 4.19. The third-order valence-electron chi connectivity index (χ3n) is 5.80. The van der Waals surface area contributed by atoms with Crippen molar-refractivity contribution in [3.63, 3.8) is 0 Å². The lowest BCUT2D eigenvalue weighted by Crippen LogP contribution is -2.37. The number of hydrogen-bond donors (Lipinski definition) is 0. The van der Waals surface area contributed by atoms with Crippen molar-refractivity contribution in [3.8, 4) is 11.5 Å². The number of piperidine rings is 1. The Morgan fingerprint density at radius 2 is 1.77 bits per heavy atom. The van der Waals surface area contributed by atoms with Crippen LogP contribution in [0.5, 0.6) is 11.5 Å². The monoisotopic (exact) mass is 541 g/mol. The van der Waals surface area contributed by atoms with Crippen LogP contribution in [0.15, 0.2) is 36.4 Å². The predicted octanol–water partition coefficient (Wildman–Crippen LogP) is 5.01. The molecule has 7 heteroatoms. The molecule has 1 aliphatic heterocycles. The third kappa shape index (κ3) is 6.32. The largest absolute Gasteiger partial charge is 0.496 e. The minimum atomic E-state index is -0.333. The molecule has 0 radical (unpaired) electrons. The van der Waals surface area contributed by atoms with Gasteiger partial charge in [-0.1, -0.05) is 12.1 Å². The van der Waals surface area contributed by atoms with Crippen LogP contribution in [0.4, 0.5) is 4.39 Å². The van der Waals surface area contributed by atoms with Gasteiger partial charge in [0, 0.05) is 19.4 Å². The molecule has 1 atom stereocenters. The summed E-state index contributed by atoms with van der Waals surface area (Å²) >= 11 is 2.25. The summed E-state index contributed by atoms with van der Waals surface area (Å²) in [6, 6.07) is 10.3. The fraction of sp³-hybridized carbons (Fsp3) is 0.458. The van der Waals surface area contributed by atoms with Crippen molar-refractivity contribution in [2.75, 3.05) is 33.9 Å². The molecule has 1 unspecified atom stereocenters. The maximum Gasteiger partial charge on any atom is 0.303 e. The molecule has 0 N–H and O–H groups in total. The summed E-state index contributed by atoms with van der Waals surface area (Å²) in [6.07, 6.45) is 2.37. The molecule has 1 saturated heterocycles. The second-order valence-electron chi connectivity index (χ2n) is 7.81. The van der Waals surface area contributed by atoms with Crippen LogP contribution in [0, 0.1) is 15.3 Å². The van der Waals surface area contributed by atoms with Gasteiger partial charge in [0.1, 0.15) is 23.4 Å². The van der Waals surface area contributed by atoms with Crippen LogP contribution < -0.4 is 9.47 Å². The van der Waals surface area contributed by atoms with Gasteiger partial charge in [0.25, 0.3) is 0 Å². The SMILES string of the molecule is COc1cc(CCN2CCC(C(OC(C)=O)c3ccc(F)cc3)CC2)c(OC)cc1I. The average Bonchev–Trinajstić information content (AvgIpc) is 2.77. The number of esters is 1. The molecule has 0 amide bonds. The number of carbonyl (C=O) groups is 1. The third-order valence-corrected chi connectivity index (χ3v) is 6.65. The maximum absolute atomic E-state index is 13.3. The molecule has 0 aromatic heterocycles. The molecular formula is C24H29FINO4. The molecule has 3 rings (SSSR count). The number of halogens is 2. The van der Waals surface area contributed by atoms with E-state index in [1.807, 2.05) is 6.07 Å². The fourth-order valence-electron chi connectivity index (χ4n) is 4.14. The Bertz CT molecular complexity index is 882. The molecule has 2 aromatic carbocycles. The van der Waals surface area contributed by atoms with Crippen molar-refractivity contribution in [2.24, 2.45) is 5.92 Å². The number of methoxy groups -OCH3 is 2. The Hall–Kier alpha value is -1.87. The normalized spacial score (nSPS) is 16.0. The molecule has 0 aliphatic carbocycles. The van der Waals surface area contributed by atoms with E-state index in [4.69, 9.17) is 14.2 Å². The van der Waals surface area contributed by atoms with Gasteiger partial charge in [0.2, 0.25) is 0 Å². The maximum atomic E-state index is 13.3. The van der Waals surface area contributed by atoms with E-state index in [1.54, 1.807) is 26.4 Å². The quantitative estimate of drug-likeness (QED) is 0.348. The first-order chi connectivity index (χ1) is 14.9. The van der Waals surface area contributed by atoms with E-state index >= 15 is 0 Å². The van der Waals surface area contributed by atoms with Gasteiger partial charge >= 0.3 is 5.97 Å². The average molecular weight is 541 g/mol. The molecule has 0 saturated carbocycles. The lowest BCUT2D eigenvalue weighted by atomic mass is 9.87. The van der Waals surface area contributed by atoms with Crippen molar-refractivity contribution in [3.05, 3.63) is 56.9 Å². The minimum absolute atomic E-state index is 0.221. The number of ether oxygens (including phenoxy) is 3. The summed E-state index contributed by atoms with van der Waals surface area (Å²) < 4.78 is 31.0. The Labute approximate surface area is 197 Å². The van der Waals surface area contributed by atoms with Gasteiger partial charge in [0.05, 0.1) is 17.8 Å². The van der Waals surface area contributed by atoms with E-state index in [-0.39, 0.29) is 23.8 Å². The van der Waals surface area contributed by atoms with Crippen molar-refractivity contribution >= 4 is 28.6 Å². The molecule has 1 aliphatic rings. The van der Waals surface area contributed by atoms with Crippen LogP contribution >= 0.6 is 22.6 Å². The van der Waals surface area contributed by atoms with Gasteiger partial charge in [0.15, 0.2) is 0 Å². The Morgan fingerprint density at radius 3 is 2.35 bits per heavy atom. The van der Waals surface area contributed by atoms with Crippen LogP contribution in [0.3, 0.4) is 0 Å². The van der Waals surface area contributed by atoms with Crippen LogP contribution in [0.25, 0.3) is 0 Å². The van der Waals surface area contributed by atoms with Gasteiger partial charge in [-0.2, -0.15) is 0 Å². The highest BCUT2D eigenvalue weighted by atomic mass is 127. The summed E-state index contributed by atoms with van der Waals surface area (Å²) in [7, 11) is 3.37. The summed E-state index contributed by atoms with van der Waals surface area (Å²) in [5.41, 5.74) is 1.98. The molecule has 5 nitrogen and oxygen atoms in total. The van der Waals surface area contributed by atoms with E-state index in [1.165, 1.54) is 19.1 Å². The first-order valence-corrected chi connectivity index (χ1v) is 11.5. The van der Waals surface area contributed by atoms with Crippen molar-refractivity contribution < 1.29 is 23.4 Å². The molecule has 0 bridgehead atoms. The van der Waals surface area contributed by atoms with Gasteiger partial charge < -0.3 is 19.1 Å². The molecule has 168 valence electrons. The molecule has 1 heterocycles. The molecule has 1 fully saturated rings. The summed E-state index contributed by atoms with van der Waals surface area (Å²) in [5.74, 6) is 1.36. The summed E-state index contributed by atoms with van der Waals surface area (Å²) in [5, 5.41) is 0. The zero-order valence-corrected chi connectivity index (χ0v) is 20.4. The van der Waals surface area contributed by atoms with E-state index in [2.05, 4.69) is 33.6 Å². The van der Waals surface area contributed by atoms with E-state index in [0.29, 0.717) is 0 Å². The highest BCUT2D eigenvalue weighted by Gasteiger charge is 2.30. The summed E-state index contributed by atoms with van der Waals surface area (Å²) in [4.78, 5) is 14.1. The van der Waals surface area contributed by atoms with E-state index < -0.39 is 0 Å². The fourth-order valence-corrected chi connectivity index (χ4v) is 4.80. The van der Waals surface area contributed by atoms with Crippen LogP contribution in [-0.4, -0.2) is 44.7 Å². The standard InChI is InChI=1S/C24H29FINO4/c1-16(28)31-24(17-4-6-20(25)7-5-17)18-8-11-27(12-9-18)13-10-19-14-23(30-3)21(26)15-22(19)29-2/h4-7,14-15,18,24H,8-13H2,1-3H3. The zero-order valence-electron chi connectivity index (χ0n) is 18.2. The van der Waals surface area contributed by atoms with Crippen LogP contribution in [-0.2, 0) is 16.0 Å². The number of rotatable bonds is 8. The second kappa shape index (κ2) is 11.1. The van der Waals surface area contributed by atoms with Crippen molar-refractivity contribution in [2.45, 2.75) is 32.3 Å². The zero-order chi connectivity index (χ0) is 22.4. The van der Waals surface area contributed by atoms with E-state index in [9.17, 15) is 9.18 Å². The molecule has 0 spiro atoms. The van der Waals surface area contributed by atoms with Gasteiger partial charge in [-0.3, -0.25) is 4.79 Å². The predicted molar refractivity (Wildman–Crippen MR) is 126 cm³/mol. The Morgan fingerprint density at radius 1 is 1.13 bits per heavy atom. The number of hydrogen-bond acceptors (Lipinski definition) is 5. The number of carbonyl (C=O) groups excluding carboxylic acids is 1. The minimum Gasteiger partial charge on any atom is -0.496 e. The van der Waals surface area contributed by atoms with Crippen molar-refractivity contribution in [1.82, 2.24) is 4.90 Å². The molecule has 31 heavy (non-hydrogen) atoms. The first-order valence-electron chi connectivity index (χ1n) is 10.5.